The van der Waals surface area contributed by atoms with E-state index in [0.717, 1.165) is 24.8 Å². The molecule has 0 spiro atoms. The van der Waals surface area contributed by atoms with E-state index in [-0.39, 0.29) is 5.41 Å². The third-order valence-electron chi connectivity index (χ3n) is 4.90. The van der Waals surface area contributed by atoms with E-state index >= 15 is 0 Å². The molecular formula is C18H23ClO4. The van der Waals surface area contributed by atoms with Gasteiger partial charge in [-0.05, 0) is 30.5 Å². The summed E-state index contributed by atoms with van der Waals surface area (Å²) in [7, 11) is 0. The van der Waals surface area contributed by atoms with E-state index in [0.29, 0.717) is 42.6 Å². The van der Waals surface area contributed by atoms with Gasteiger partial charge in [-0.2, -0.15) is 0 Å². The van der Waals surface area contributed by atoms with Crippen molar-refractivity contribution in [2.45, 2.75) is 51.4 Å². The number of ether oxygens (including phenoxy) is 2. The molecule has 1 aliphatic carbocycles. The average Bonchev–Trinajstić information content (AvgIpc) is 2.67. The zero-order chi connectivity index (χ0) is 16.7. The Kier molecular flexibility index (Phi) is 4.21. The Morgan fingerprint density at radius 1 is 1.13 bits per heavy atom. The number of rotatable bonds is 2. The molecule has 0 bridgehead atoms. The first-order valence-electron chi connectivity index (χ1n) is 8.17. The molecule has 0 unspecified atom stereocenters. The SMILES string of the molecule is CC1(C)COc2cc(C3(C(=O)O)CCCCC3)cc(Cl)c2OC1. The lowest BCUT2D eigenvalue weighted by Gasteiger charge is -2.34. The molecule has 23 heavy (non-hydrogen) atoms. The van der Waals surface area contributed by atoms with Gasteiger partial charge in [0.1, 0.15) is 0 Å². The number of benzene rings is 1. The third-order valence-corrected chi connectivity index (χ3v) is 5.19. The van der Waals surface area contributed by atoms with Gasteiger partial charge in [0.15, 0.2) is 11.5 Å². The number of carboxylic acid groups (broad SMARTS) is 1. The second kappa shape index (κ2) is 5.90. The molecule has 1 fully saturated rings. The highest BCUT2D eigenvalue weighted by Crippen LogP contribution is 2.46. The van der Waals surface area contributed by atoms with Gasteiger partial charge in [0.2, 0.25) is 0 Å². The number of hydrogen-bond donors (Lipinski definition) is 1. The van der Waals surface area contributed by atoms with Crippen molar-refractivity contribution in [2.75, 3.05) is 13.2 Å². The molecular weight excluding hydrogens is 316 g/mol. The minimum atomic E-state index is -0.859. The van der Waals surface area contributed by atoms with Gasteiger partial charge in [-0.3, -0.25) is 4.79 Å². The van der Waals surface area contributed by atoms with Gasteiger partial charge >= 0.3 is 5.97 Å². The summed E-state index contributed by atoms with van der Waals surface area (Å²) in [6.07, 6.45) is 4.21. The smallest absolute Gasteiger partial charge is 0.314 e. The number of carbonyl (C=O) groups is 1. The molecule has 1 aromatic carbocycles. The molecule has 2 aliphatic rings. The fourth-order valence-electron chi connectivity index (χ4n) is 3.46. The highest BCUT2D eigenvalue weighted by molar-refractivity contribution is 6.32. The van der Waals surface area contributed by atoms with Crippen LogP contribution in [0.4, 0.5) is 0 Å². The molecule has 0 amide bonds. The molecule has 0 aromatic heterocycles. The van der Waals surface area contributed by atoms with Gasteiger partial charge in [-0.15, -0.1) is 0 Å². The lowest BCUT2D eigenvalue weighted by molar-refractivity contribution is -0.145. The Morgan fingerprint density at radius 2 is 1.78 bits per heavy atom. The first-order chi connectivity index (χ1) is 10.8. The number of halogens is 1. The van der Waals surface area contributed by atoms with Crippen molar-refractivity contribution in [3.05, 3.63) is 22.7 Å². The first kappa shape index (κ1) is 16.4. The summed E-state index contributed by atoms with van der Waals surface area (Å²) in [4.78, 5) is 12.0. The van der Waals surface area contributed by atoms with E-state index in [9.17, 15) is 9.90 Å². The Hall–Kier alpha value is -1.42. The molecule has 1 aliphatic heterocycles. The molecule has 0 saturated heterocycles. The standard InChI is InChI=1S/C18H23ClO4/c1-17(2)10-22-14-9-12(8-13(19)15(14)23-11-17)18(16(20)21)6-4-3-5-7-18/h8-9H,3-7,10-11H2,1-2H3,(H,20,21). The minimum absolute atomic E-state index is 0.113. The fourth-order valence-corrected chi connectivity index (χ4v) is 3.72. The van der Waals surface area contributed by atoms with E-state index in [1.54, 1.807) is 6.07 Å². The quantitative estimate of drug-likeness (QED) is 0.867. The molecule has 0 radical (unpaired) electrons. The van der Waals surface area contributed by atoms with Crippen molar-refractivity contribution in [3.8, 4) is 11.5 Å². The van der Waals surface area contributed by atoms with Crippen molar-refractivity contribution in [3.63, 3.8) is 0 Å². The topological polar surface area (TPSA) is 55.8 Å². The van der Waals surface area contributed by atoms with E-state index < -0.39 is 11.4 Å². The van der Waals surface area contributed by atoms with Gasteiger partial charge in [0.25, 0.3) is 0 Å². The second-order valence-corrected chi connectivity index (χ2v) is 7.88. The van der Waals surface area contributed by atoms with Crippen LogP contribution >= 0.6 is 11.6 Å². The summed E-state index contributed by atoms with van der Waals surface area (Å²) < 4.78 is 11.7. The summed E-state index contributed by atoms with van der Waals surface area (Å²) in [5.74, 6) is 0.310. The highest BCUT2D eigenvalue weighted by Gasteiger charge is 2.42. The molecule has 1 N–H and O–H groups in total. The Morgan fingerprint density at radius 3 is 2.43 bits per heavy atom. The summed E-state index contributed by atoms with van der Waals surface area (Å²) in [5, 5.41) is 10.3. The van der Waals surface area contributed by atoms with Crippen LogP contribution in [0.25, 0.3) is 0 Å². The molecule has 1 heterocycles. The Bertz CT molecular complexity index is 618. The zero-order valence-corrected chi connectivity index (χ0v) is 14.4. The molecule has 3 rings (SSSR count). The average molecular weight is 339 g/mol. The van der Waals surface area contributed by atoms with Crippen molar-refractivity contribution in [1.82, 2.24) is 0 Å². The van der Waals surface area contributed by atoms with Crippen LogP contribution in [-0.2, 0) is 10.2 Å². The molecule has 1 aromatic rings. The van der Waals surface area contributed by atoms with Crippen LogP contribution in [0, 0.1) is 5.41 Å². The lowest BCUT2D eigenvalue weighted by Crippen LogP contribution is -2.37. The maximum atomic E-state index is 12.0. The molecule has 126 valence electrons. The van der Waals surface area contributed by atoms with Crippen molar-refractivity contribution < 1.29 is 19.4 Å². The predicted octanol–water partition coefficient (Wildman–Crippen LogP) is 4.42. The third kappa shape index (κ3) is 3.01. The Balaban J connectivity index is 2.04. The van der Waals surface area contributed by atoms with Crippen LogP contribution in [0.2, 0.25) is 5.02 Å². The van der Waals surface area contributed by atoms with Crippen LogP contribution in [-0.4, -0.2) is 24.3 Å². The first-order valence-corrected chi connectivity index (χ1v) is 8.55. The molecule has 0 atom stereocenters. The monoisotopic (exact) mass is 338 g/mol. The number of fused-ring (bicyclic) bond motifs is 1. The molecule has 5 heteroatoms. The normalized spacial score (nSPS) is 22.2. The summed E-state index contributed by atoms with van der Waals surface area (Å²) >= 11 is 6.40. The predicted molar refractivity (Wildman–Crippen MR) is 88.6 cm³/mol. The van der Waals surface area contributed by atoms with Crippen LogP contribution in [0.5, 0.6) is 11.5 Å². The Labute approximate surface area is 141 Å². The van der Waals surface area contributed by atoms with Crippen LogP contribution < -0.4 is 9.47 Å². The number of hydrogen-bond acceptors (Lipinski definition) is 3. The minimum Gasteiger partial charge on any atom is -0.489 e. The summed E-state index contributed by atoms with van der Waals surface area (Å²) in [5.41, 5.74) is -0.239. The van der Waals surface area contributed by atoms with Gasteiger partial charge in [0, 0.05) is 5.41 Å². The maximum Gasteiger partial charge on any atom is 0.314 e. The van der Waals surface area contributed by atoms with E-state index in [1.807, 2.05) is 6.07 Å². The maximum absolute atomic E-state index is 12.0. The van der Waals surface area contributed by atoms with Crippen LogP contribution in [0.1, 0.15) is 51.5 Å². The largest absolute Gasteiger partial charge is 0.489 e. The second-order valence-electron chi connectivity index (χ2n) is 7.47. The number of aliphatic carboxylic acids is 1. The fraction of sp³-hybridized carbons (Fsp3) is 0.611. The van der Waals surface area contributed by atoms with Crippen LogP contribution in [0.3, 0.4) is 0 Å². The van der Waals surface area contributed by atoms with E-state index in [1.165, 1.54) is 0 Å². The number of carboxylic acids is 1. The molecule has 1 saturated carbocycles. The van der Waals surface area contributed by atoms with E-state index in [2.05, 4.69) is 13.8 Å². The molecule has 4 nitrogen and oxygen atoms in total. The van der Waals surface area contributed by atoms with Crippen molar-refractivity contribution in [1.29, 1.82) is 0 Å². The van der Waals surface area contributed by atoms with Crippen LogP contribution in [0.15, 0.2) is 12.1 Å². The summed E-state index contributed by atoms with van der Waals surface area (Å²) in [6.45, 7) is 5.16. The lowest BCUT2D eigenvalue weighted by atomic mass is 9.69. The van der Waals surface area contributed by atoms with Gasteiger partial charge in [-0.25, -0.2) is 0 Å². The van der Waals surface area contributed by atoms with Gasteiger partial charge in [-0.1, -0.05) is 44.7 Å². The van der Waals surface area contributed by atoms with Crippen molar-refractivity contribution in [2.24, 2.45) is 5.41 Å². The van der Waals surface area contributed by atoms with E-state index in [4.69, 9.17) is 21.1 Å². The van der Waals surface area contributed by atoms with Gasteiger partial charge < -0.3 is 14.6 Å². The zero-order valence-electron chi connectivity index (χ0n) is 13.7. The highest BCUT2D eigenvalue weighted by atomic mass is 35.5. The van der Waals surface area contributed by atoms with Gasteiger partial charge in [0.05, 0.1) is 23.7 Å². The summed E-state index contributed by atoms with van der Waals surface area (Å²) in [6, 6.07) is 3.57. The van der Waals surface area contributed by atoms with Crippen molar-refractivity contribution >= 4 is 17.6 Å².